The molecule has 1 aliphatic rings. The van der Waals surface area contributed by atoms with Crippen molar-refractivity contribution >= 4 is 37.3 Å². The van der Waals surface area contributed by atoms with Crippen molar-refractivity contribution in [1.29, 1.82) is 0 Å². The van der Waals surface area contributed by atoms with Crippen molar-refractivity contribution < 1.29 is 16.8 Å². The Bertz CT molecular complexity index is 1010. The van der Waals surface area contributed by atoms with Crippen molar-refractivity contribution in [2.24, 2.45) is 0 Å². The fourth-order valence-corrected chi connectivity index (χ4v) is 5.57. The van der Waals surface area contributed by atoms with Gasteiger partial charge >= 0.3 is 0 Å². The highest BCUT2D eigenvalue weighted by Gasteiger charge is 2.27. The largest absolute Gasteiger partial charge is 0.369 e. The van der Waals surface area contributed by atoms with Crippen LogP contribution in [0, 0.1) is 0 Å². The van der Waals surface area contributed by atoms with Crippen LogP contribution in [0.2, 0.25) is 5.02 Å². The first-order valence-electron chi connectivity index (χ1n) is 8.66. The number of sulfonamides is 2. The second kappa shape index (κ2) is 8.75. The van der Waals surface area contributed by atoms with Crippen molar-refractivity contribution in [3.05, 3.63) is 53.8 Å². The Labute approximate surface area is 170 Å². The third-order valence-electron chi connectivity index (χ3n) is 4.40. The number of rotatable bonds is 7. The van der Waals surface area contributed by atoms with Crippen molar-refractivity contribution in [2.75, 3.05) is 43.4 Å². The van der Waals surface area contributed by atoms with Gasteiger partial charge in [0.25, 0.3) is 0 Å². The van der Waals surface area contributed by atoms with Gasteiger partial charge in [0.15, 0.2) is 0 Å². The van der Waals surface area contributed by atoms with Crippen LogP contribution in [0.1, 0.15) is 0 Å². The first-order valence-corrected chi connectivity index (χ1v) is 12.1. The molecule has 1 fully saturated rings. The minimum Gasteiger partial charge on any atom is -0.369 e. The monoisotopic (exact) mass is 444 g/mol. The third kappa shape index (κ3) is 5.21. The van der Waals surface area contributed by atoms with E-state index in [1.54, 1.807) is 6.07 Å². The summed E-state index contributed by atoms with van der Waals surface area (Å²) in [6.45, 7) is 1.56. The minimum atomic E-state index is -3.78. The Hall–Kier alpha value is -1.72. The zero-order chi connectivity index (χ0) is 20.2. The van der Waals surface area contributed by atoms with Crippen LogP contribution in [0.25, 0.3) is 0 Å². The van der Waals surface area contributed by atoms with Gasteiger partial charge in [-0.15, -0.1) is 0 Å². The van der Waals surface area contributed by atoms with Gasteiger partial charge in [-0.1, -0.05) is 17.7 Å². The molecule has 1 aliphatic heterocycles. The first kappa shape index (κ1) is 21.0. The summed E-state index contributed by atoms with van der Waals surface area (Å²) in [6.07, 6.45) is 2.68. The fraction of sp³-hybridized carbons (Fsp3) is 0.353. The Balaban J connectivity index is 1.53. The molecule has 0 amide bonds. The van der Waals surface area contributed by atoms with Crippen LogP contribution in [0.15, 0.2) is 53.7 Å². The molecule has 11 heteroatoms. The molecule has 0 aliphatic carbocycles. The quantitative estimate of drug-likeness (QED) is 0.688. The van der Waals surface area contributed by atoms with Gasteiger partial charge in [0.1, 0.15) is 4.90 Å². The molecule has 28 heavy (non-hydrogen) atoms. The molecule has 0 unspecified atom stereocenters. The minimum absolute atomic E-state index is 0.00235. The number of nitrogens with one attached hydrogen (secondary N) is 1. The van der Waals surface area contributed by atoms with E-state index >= 15 is 0 Å². The van der Waals surface area contributed by atoms with E-state index in [0.717, 1.165) is 5.69 Å². The van der Waals surface area contributed by atoms with Crippen LogP contribution in [0.3, 0.4) is 0 Å². The van der Waals surface area contributed by atoms with E-state index in [1.165, 1.54) is 28.8 Å². The first-order chi connectivity index (χ1) is 13.3. The van der Waals surface area contributed by atoms with Gasteiger partial charge in [-0.05, 0) is 30.3 Å². The summed E-state index contributed by atoms with van der Waals surface area (Å²) in [4.78, 5) is 5.83. The Kier molecular flexibility index (Phi) is 6.56. The number of anilines is 1. The van der Waals surface area contributed by atoms with Gasteiger partial charge in [-0.3, -0.25) is 4.98 Å². The molecule has 1 N–H and O–H groups in total. The molecular weight excluding hydrogens is 424 g/mol. The Morgan fingerprint density at radius 3 is 2.43 bits per heavy atom. The van der Waals surface area contributed by atoms with Gasteiger partial charge < -0.3 is 4.90 Å². The summed E-state index contributed by atoms with van der Waals surface area (Å²) >= 11 is 6.01. The number of halogens is 1. The molecule has 1 saturated heterocycles. The molecule has 2 heterocycles. The average molecular weight is 445 g/mol. The van der Waals surface area contributed by atoms with E-state index in [1.807, 2.05) is 18.2 Å². The predicted molar refractivity (Wildman–Crippen MR) is 108 cm³/mol. The summed E-state index contributed by atoms with van der Waals surface area (Å²) in [7, 11) is -7.34. The van der Waals surface area contributed by atoms with E-state index in [0.29, 0.717) is 31.2 Å². The third-order valence-corrected chi connectivity index (χ3v) is 7.96. The van der Waals surface area contributed by atoms with Crippen LogP contribution in [-0.4, -0.2) is 64.6 Å². The second-order valence-corrected chi connectivity index (χ2v) is 10.6. The lowest BCUT2D eigenvalue weighted by molar-refractivity contribution is 0.385. The van der Waals surface area contributed by atoms with E-state index in [2.05, 4.69) is 14.6 Å². The van der Waals surface area contributed by atoms with Crippen LogP contribution in [0.4, 0.5) is 5.69 Å². The lowest BCUT2D eigenvalue weighted by atomic mass is 10.2. The molecule has 8 nitrogen and oxygen atoms in total. The number of hydrogen-bond acceptors (Lipinski definition) is 6. The van der Waals surface area contributed by atoms with Gasteiger partial charge in [0.2, 0.25) is 20.0 Å². The summed E-state index contributed by atoms with van der Waals surface area (Å²) in [5.74, 6) is -0.302. The maximum atomic E-state index is 12.5. The zero-order valence-corrected chi connectivity index (χ0v) is 17.4. The van der Waals surface area contributed by atoms with E-state index < -0.39 is 20.0 Å². The predicted octanol–water partition coefficient (Wildman–Crippen LogP) is 1.17. The average Bonchev–Trinajstić information content (AvgIpc) is 2.68. The molecular formula is C17H21ClN4O4S2. The highest BCUT2D eigenvalue weighted by atomic mass is 35.5. The molecule has 1 aromatic carbocycles. The maximum absolute atomic E-state index is 12.5. The van der Waals surface area contributed by atoms with E-state index in [4.69, 9.17) is 11.6 Å². The molecule has 0 atom stereocenters. The van der Waals surface area contributed by atoms with Crippen molar-refractivity contribution in [1.82, 2.24) is 14.0 Å². The van der Waals surface area contributed by atoms with Gasteiger partial charge in [-0.25, -0.2) is 21.6 Å². The zero-order valence-electron chi connectivity index (χ0n) is 15.0. The molecule has 0 radical (unpaired) electrons. The Morgan fingerprint density at radius 1 is 1.04 bits per heavy atom. The van der Waals surface area contributed by atoms with Gasteiger partial charge in [0.05, 0.1) is 5.75 Å². The van der Waals surface area contributed by atoms with E-state index in [9.17, 15) is 16.8 Å². The van der Waals surface area contributed by atoms with Crippen LogP contribution >= 0.6 is 11.6 Å². The maximum Gasteiger partial charge on any atom is 0.242 e. The normalized spacial score (nSPS) is 16.2. The topological polar surface area (TPSA) is 99.7 Å². The molecule has 0 bridgehead atoms. The summed E-state index contributed by atoms with van der Waals surface area (Å²) in [5, 5.41) is 0.633. The molecule has 152 valence electrons. The molecule has 0 saturated carbocycles. The molecule has 0 spiro atoms. The van der Waals surface area contributed by atoms with Crippen LogP contribution in [0.5, 0.6) is 0 Å². The van der Waals surface area contributed by atoms with E-state index in [-0.39, 0.29) is 17.2 Å². The highest BCUT2D eigenvalue weighted by molar-refractivity contribution is 7.90. The second-order valence-electron chi connectivity index (χ2n) is 6.27. The van der Waals surface area contributed by atoms with Crippen molar-refractivity contribution in [2.45, 2.75) is 4.90 Å². The van der Waals surface area contributed by atoms with Crippen molar-refractivity contribution in [3.8, 4) is 0 Å². The number of piperazine rings is 1. The molecule has 1 aromatic heterocycles. The summed E-state index contributed by atoms with van der Waals surface area (Å²) in [6, 6.07) is 10.3. The molecule has 3 rings (SSSR count). The SMILES string of the molecule is O=S(=O)(NCCS(=O)(=O)N1CCN(c2cccc(Cl)c2)CC1)c1cccnc1. The Morgan fingerprint density at radius 2 is 1.79 bits per heavy atom. The summed E-state index contributed by atoms with van der Waals surface area (Å²) < 4.78 is 53.1. The molecule has 2 aromatic rings. The van der Waals surface area contributed by atoms with Gasteiger partial charge in [0, 0.05) is 55.8 Å². The number of pyridine rings is 1. The lowest BCUT2D eigenvalue weighted by Gasteiger charge is -2.35. The smallest absolute Gasteiger partial charge is 0.242 e. The van der Waals surface area contributed by atoms with Crippen LogP contribution < -0.4 is 9.62 Å². The highest BCUT2D eigenvalue weighted by Crippen LogP contribution is 2.21. The fourth-order valence-electron chi connectivity index (χ4n) is 2.92. The number of benzene rings is 1. The number of aromatic nitrogens is 1. The standard InChI is InChI=1S/C17H21ClN4O4S2/c18-15-3-1-4-16(13-15)21-8-10-22(11-9-21)27(23,24)12-7-20-28(25,26)17-5-2-6-19-14-17/h1-6,13-14,20H,7-12H2. The lowest BCUT2D eigenvalue weighted by Crippen LogP contribution is -2.50. The number of hydrogen-bond donors (Lipinski definition) is 1. The number of nitrogens with zero attached hydrogens (tertiary/aromatic N) is 3. The van der Waals surface area contributed by atoms with Gasteiger partial charge in [-0.2, -0.15) is 4.31 Å². The summed E-state index contributed by atoms with van der Waals surface area (Å²) in [5.41, 5.74) is 0.953. The van der Waals surface area contributed by atoms with Crippen molar-refractivity contribution in [3.63, 3.8) is 0 Å². The van der Waals surface area contributed by atoms with Crippen LogP contribution in [-0.2, 0) is 20.0 Å².